The smallest absolute Gasteiger partial charge is 0.413 e. The SMILES string of the molecule is COC(=O)N(C)c1c(C(N)=O)cnc2cc(OC)c(OC)cc12. The van der Waals surface area contributed by atoms with Gasteiger partial charge in [0.1, 0.15) is 0 Å². The molecule has 0 atom stereocenters. The van der Waals surface area contributed by atoms with Crippen molar-refractivity contribution in [2.24, 2.45) is 5.73 Å². The first kappa shape index (κ1) is 16.3. The van der Waals surface area contributed by atoms with Crippen LogP contribution < -0.4 is 20.1 Å². The van der Waals surface area contributed by atoms with Crippen molar-refractivity contribution in [3.63, 3.8) is 0 Å². The Balaban J connectivity index is 2.84. The Morgan fingerprint density at radius 1 is 1.13 bits per heavy atom. The fraction of sp³-hybridized carbons (Fsp3) is 0.267. The molecule has 0 aliphatic carbocycles. The van der Waals surface area contributed by atoms with Gasteiger partial charge in [-0.15, -0.1) is 0 Å². The highest BCUT2D eigenvalue weighted by molar-refractivity contribution is 6.11. The molecule has 0 aliphatic heterocycles. The largest absolute Gasteiger partial charge is 0.493 e. The van der Waals surface area contributed by atoms with Crippen LogP contribution >= 0.6 is 0 Å². The summed E-state index contributed by atoms with van der Waals surface area (Å²) >= 11 is 0. The molecule has 1 aromatic carbocycles. The molecule has 23 heavy (non-hydrogen) atoms. The maximum absolute atomic E-state index is 11.9. The van der Waals surface area contributed by atoms with Crippen LogP contribution in [0.1, 0.15) is 10.4 Å². The number of primary amides is 1. The molecule has 0 radical (unpaired) electrons. The number of nitrogens with zero attached hydrogens (tertiary/aromatic N) is 2. The van der Waals surface area contributed by atoms with Gasteiger partial charge in [0.2, 0.25) is 0 Å². The number of benzene rings is 1. The minimum atomic E-state index is -0.708. The lowest BCUT2D eigenvalue weighted by molar-refractivity contribution is 0.100. The molecule has 0 saturated carbocycles. The predicted octanol–water partition coefficient (Wildman–Crippen LogP) is 1.55. The third kappa shape index (κ3) is 2.83. The predicted molar refractivity (Wildman–Crippen MR) is 84.2 cm³/mol. The molecule has 1 aromatic heterocycles. The number of nitrogens with two attached hydrogens (primary N) is 1. The van der Waals surface area contributed by atoms with Crippen LogP contribution in [0.2, 0.25) is 0 Å². The van der Waals surface area contributed by atoms with Gasteiger partial charge >= 0.3 is 6.09 Å². The van der Waals surface area contributed by atoms with Gasteiger partial charge in [0.15, 0.2) is 11.5 Å². The zero-order valence-electron chi connectivity index (χ0n) is 13.2. The molecule has 0 spiro atoms. The average molecular weight is 319 g/mol. The standard InChI is InChI=1S/C15H17N3O5/c1-18(15(20)23-4)13-8-5-11(21-2)12(22-3)6-10(8)17-7-9(13)14(16)19/h5-7H,1-4H3,(H2,16,19). The number of anilines is 1. The molecule has 0 fully saturated rings. The van der Waals surface area contributed by atoms with Crippen LogP contribution in [-0.2, 0) is 4.74 Å². The number of amides is 2. The van der Waals surface area contributed by atoms with E-state index in [2.05, 4.69) is 4.98 Å². The van der Waals surface area contributed by atoms with Gasteiger partial charge in [-0.3, -0.25) is 14.7 Å². The number of hydrogen-bond acceptors (Lipinski definition) is 6. The summed E-state index contributed by atoms with van der Waals surface area (Å²) in [6.45, 7) is 0. The molecule has 1 heterocycles. The zero-order chi connectivity index (χ0) is 17.1. The third-order valence-electron chi connectivity index (χ3n) is 3.39. The summed E-state index contributed by atoms with van der Waals surface area (Å²) in [5.41, 5.74) is 6.29. The van der Waals surface area contributed by atoms with Crippen LogP contribution in [0, 0.1) is 0 Å². The van der Waals surface area contributed by atoms with E-state index in [1.165, 1.54) is 39.5 Å². The highest BCUT2D eigenvalue weighted by Gasteiger charge is 2.23. The number of rotatable bonds is 4. The molecular weight excluding hydrogens is 302 g/mol. The van der Waals surface area contributed by atoms with Gasteiger partial charge in [0.05, 0.1) is 38.1 Å². The van der Waals surface area contributed by atoms with Crippen LogP contribution in [0.5, 0.6) is 11.5 Å². The van der Waals surface area contributed by atoms with Crippen molar-refractivity contribution < 1.29 is 23.8 Å². The highest BCUT2D eigenvalue weighted by atomic mass is 16.5. The van der Waals surface area contributed by atoms with Gasteiger partial charge < -0.3 is 19.9 Å². The van der Waals surface area contributed by atoms with Gasteiger partial charge in [-0.25, -0.2) is 4.79 Å². The van der Waals surface area contributed by atoms with E-state index in [0.717, 1.165) is 0 Å². The van der Waals surface area contributed by atoms with Crippen LogP contribution in [0.4, 0.5) is 10.5 Å². The van der Waals surface area contributed by atoms with Crippen molar-refractivity contribution in [1.29, 1.82) is 0 Å². The second-order valence-electron chi connectivity index (χ2n) is 4.64. The number of fused-ring (bicyclic) bond motifs is 1. The first-order chi connectivity index (χ1) is 10.9. The van der Waals surface area contributed by atoms with E-state index in [1.807, 2.05) is 0 Å². The van der Waals surface area contributed by atoms with E-state index >= 15 is 0 Å². The molecule has 2 N–H and O–H groups in total. The van der Waals surface area contributed by atoms with E-state index in [1.54, 1.807) is 12.1 Å². The maximum atomic E-state index is 11.9. The first-order valence-corrected chi connectivity index (χ1v) is 6.60. The van der Waals surface area contributed by atoms with E-state index in [-0.39, 0.29) is 11.3 Å². The summed E-state index contributed by atoms with van der Waals surface area (Å²) in [6.07, 6.45) is 0.667. The molecule has 2 aromatic rings. The molecule has 2 rings (SSSR count). The fourth-order valence-corrected chi connectivity index (χ4v) is 2.27. The number of methoxy groups -OCH3 is 3. The quantitative estimate of drug-likeness (QED) is 0.917. The van der Waals surface area contributed by atoms with E-state index in [0.29, 0.717) is 22.4 Å². The van der Waals surface area contributed by atoms with E-state index in [9.17, 15) is 9.59 Å². The highest BCUT2D eigenvalue weighted by Crippen LogP contribution is 2.37. The molecule has 0 unspecified atom stereocenters. The Labute approximate surface area is 132 Å². The summed E-state index contributed by atoms with van der Waals surface area (Å²) < 4.78 is 15.2. The minimum absolute atomic E-state index is 0.0950. The maximum Gasteiger partial charge on any atom is 0.413 e. The molecule has 0 aliphatic rings. The number of carbonyl (C=O) groups is 2. The number of aromatic nitrogens is 1. The lowest BCUT2D eigenvalue weighted by atomic mass is 10.1. The van der Waals surface area contributed by atoms with Crippen molar-refractivity contribution in [3.05, 3.63) is 23.9 Å². The number of carbonyl (C=O) groups excluding carboxylic acids is 2. The molecule has 0 bridgehead atoms. The van der Waals surface area contributed by atoms with Gasteiger partial charge in [0, 0.05) is 24.7 Å². The molecule has 2 amide bonds. The molecular formula is C15H17N3O5. The summed E-state index contributed by atoms with van der Waals surface area (Å²) in [5.74, 6) is 0.203. The third-order valence-corrected chi connectivity index (χ3v) is 3.39. The Hall–Kier alpha value is -3.03. The van der Waals surface area contributed by atoms with E-state index < -0.39 is 12.0 Å². The van der Waals surface area contributed by atoms with E-state index in [4.69, 9.17) is 19.9 Å². The van der Waals surface area contributed by atoms with Crippen LogP contribution in [0.25, 0.3) is 10.9 Å². The monoisotopic (exact) mass is 319 g/mol. The Morgan fingerprint density at radius 2 is 1.74 bits per heavy atom. The minimum Gasteiger partial charge on any atom is -0.493 e. The van der Waals surface area contributed by atoms with Gasteiger partial charge in [-0.1, -0.05) is 0 Å². The van der Waals surface area contributed by atoms with Gasteiger partial charge in [0.25, 0.3) is 5.91 Å². The molecule has 122 valence electrons. The summed E-state index contributed by atoms with van der Waals surface area (Å²) in [5, 5.41) is 0.506. The van der Waals surface area contributed by atoms with Crippen LogP contribution in [0.15, 0.2) is 18.3 Å². The molecule has 8 nitrogen and oxygen atoms in total. The Kier molecular flexibility index (Phi) is 4.54. The lowest BCUT2D eigenvalue weighted by Crippen LogP contribution is -2.29. The van der Waals surface area contributed by atoms with Crippen LogP contribution in [0.3, 0.4) is 0 Å². The van der Waals surface area contributed by atoms with Gasteiger partial charge in [-0.05, 0) is 6.07 Å². The second-order valence-corrected chi connectivity index (χ2v) is 4.64. The molecule has 0 saturated heterocycles. The zero-order valence-corrected chi connectivity index (χ0v) is 13.2. The first-order valence-electron chi connectivity index (χ1n) is 6.60. The number of pyridine rings is 1. The number of hydrogen-bond donors (Lipinski definition) is 1. The average Bonchev–Trinajstić information content (AvgIpc) is 2.57. The van der Waals surface area contributed by atoms with Gasteiger partial charge in [-0.2, -0.15) is 0 Å². The summed E-state index contributed by atoms with van der Waals surface area (Å²) in [6, 6.07) is 3.27. The lowest BCUT2D eigenvalue weighted by Gasteiger charge is -2.20. The van der Waals surface area contributed by atoms with Crippen molar-refractivity contribution >= 4 is 28.6 Å². The second kappa shape index (κ2) is 6.39. The molecule has 8 heteroatoms. The summed E-state index contributed by atoms with van der Waals surface area (Å²) in [4.78, 5) is 29.0. The Morgan fingerprint density at radius 3 is 2.26 bits per heavy atom. The summed E-state index contributed by atoms with van der Waals surface area (Å²) in [7, 11) is 5.71. The fourth-order valence-electron chi connectivity index (χ4n) is 2.27. The van der Waals surface area contributed by atoms with Crippen molar-refractivity contribution in [1.82, 2.24) is 4.98 Å². The number of ether oxygens (including phenoxy) is 3. The van der Waals surface area contributed by atoms with Crippen molar-refractivity contribution in [2.45, 2.75) is 0 Å². The topological polar surface area (TPSA) is 104 Å². The normalized spacial score (nSPS) is 10.3. The van der Waals surface area contributed by atoms with Crippen molar-refractivity contribution in [3.8, 4) is 11.5 Å². The van der Waals surface area contributed by atoms with Crippen LogP contribution in [-0.4, -0.2) is 45.4 Å². The van der Waals surface area contributed by atoms with Crippen molar-refractivity contribution in [2.75, 3.05) is 33.3 Å². The Bertz CT molecular complexity index is 775.